The lowest BCUT2D eigenvalue weighted by molar-refractivity contribution is -0.122. The van der Waals surface area contributed by atoms with E-state index in [0.717, 1.165) is 12.8 Å². The maximum atomic E-state index is 12.7. The van der Waals surface area contributed by atoms with Crippen molar-refractivity contribution in [2.45, 2.75) is 50.6 Å². The van der Waals surface area contributed by atoms with Gasteiger partial charge in [-0.05, 0) is 38.8 Å². The first-order chi connectivity index (χ1) is 14.8. The Bertz CT molecular complexity index is 1270. The summed E-state index contributed by atoms with van der Waals surface area (Å²) in [6.07, 6.45) is 1.68. The molecular formula is C19H23N5O6S. The van der Waals surface area contributed by atoms with Crippen LogP contribution in [0.1, 0.15) is 43.9 Å². The fraction of sp³-hybridized carbons (Fsp3) is 0.474. The van der Waals surface area contributed by atoms with Crippen LogP contribution in [-0.2, 0) is 21.4 Å². The van der Waals surface area contributed by atoms with Crippen molar-refractivity contribution in [1.29, 1.82) is 0 Å². The normalized spacial score (nSPS) is 16.1. The largest absolute Gasteiger partial charge is 0.419 e. The number of aromatic nitrogens is 3. The summed E-state index contributed by atoms with van der Waals surface area (Å²) in [5, 5.41) is 6.42. The second-order valence-electron chi connectivity index (χ2n) is 7.48. The van der Waals surface area contributed by atoms with Gasteiger partial charge in [0, 0.05) is 32.1 Å². The predicted octanol–water partition coefficient (Wildman–Crippen LogP) is 1.34. The molecule has 1 fully saturated rings. The maximum absolute atomic E-state index is 12.7. The van der Waals surface area contributed by atoms with Gasteiger partial charge >= 0.3 is 5.76 Å². The van der Waals surface area contributed by atoms with Gasteiger partial charge in [0.05, 0.1) is 10.4 Å². The number of fused-ring (bicyclic) bond motifs is 1. The van der Waals surface area contributed by atoms with E-state index in [1.54, 1.807) is 13.8 Å². The molecule has 2 aromatic heterocycles. The third-order valence-corrected chi connectivity index (χ3v) is 7.09. The highest BCUT2D eigenvalue weighted by Gasteiger charge is 2.28. The van der Waals surface area contributed by atoms with E-state index in [9.17, 15) is 18.0 Å². The minimum absolute atomic E-state index is 0.0137. The molecular weight excluding hydrogens is 426 g/mol. The summed E-state index contributed by atoms with van der Waals surface area (Å²) in [4.78, 5) is 28.7. The van der Waals surface area contributed by atoms with Gasteiger partial charge in [-0.15, -0.1) is 0 Å². The van der Waals surface area contributed by atoms with Crippen molar-refractivity contribution >= 4 is 27.0 Å². The van der Waals surface area contributed by atoms with Crippen LogP contribution in [0.2, 0.25) is 0 Å². The Kier molecular flexibility index (Phi) is 5.67. The average molecular weight is 449 g/mol. The van der Waals surface area contributed by atoms with Crippen molar-refractivity contribution in [2.24, 2.45) is 0 Å². The predicted molar refractivity (Wildman–Crippen MR) is 109 cm³/mol. The van der Waals surface area contributed by atoms with E-state index >= 15 is 0 Å². The number of sulfonamides is 1. The van der Waals surface area contributed by atoms with Crippen molar-refractivity contribution in [3.63, 3.8) is 0 Å². The van der Waals surface area contributed by atoms with Crippen LogP contribution in [0.15, 0.2) is 36.8 Å². The number of rotatable bonds is 7. The summed E-state index contributed by atoms with van der Waals surface area (Å²) >= 11 is 0. The van der Waals surface area contributed by atoms with E-state index in [4.69, 9.17) is 8.94 Å². The summed E-state index contributed by atoms with van der Waals surface area (Å²) in [6.45, 7) is 4.45. The number of nitrogens with one attached hydrogen (secondary N) is 1. The summed E-state index contributed by atoms with van der Waals surface area (Å²) in [5.74, 6) is -0.195. The van der Waals surface area contributed by atoms with Crippen molar-refractivity contribution in [1.82, 2.24) is 24.3 Å². The number of carbonyl (C=O) groups is 1. The smallest absolute Gasteiger partial charge is 0.408 e. The molecule has 1 saturated heterocycles. The second kappa shape index (κ2) is 8.27. The lowest BCUT2D eigenvalue weighted by Crippen LogP contribution is -2.28. The molecule has 1 amide bonds. The topological polar surface area (TPSA) is 141 Å². The number of amides is 1. The third-order valence-electron chi connectivity index (χ3n) is 5.20. The minimum Gasteiger partial charge on any atom is -0.408 e. The Morgan fingerprint density at radius 2 is 2.03 bits per heavy atom. The molecule has 3 heterocycles. The average Bonchev–Trinajstić information content (AvgIpc) is 3.46. The molecule has 0 saturated carbocycles. The van der Waals surface area contributed by atoms with Crippen molar-refractivity contribution in [2.75, 3.05) is 13.1 Å². The first kappa shape index (κ1) is 21.2. The van der Waals surface area contributed by atoms with Crippen LogP contribution in [0.3, 0.4) is 0 Å². The standard InChI is InChI=1S/C19H23N5O6S/c1-12(18-21-13(2)22-30-18)20-17(25)7-10-24-15-6-5-14(11-16(15)29-19(24)26)31(27,28)23-8-3-4-9-23/h5-6,11-12H,3-4,7-10H2,1-2H3,(H,20,25). The summed E-state index contributed by atoms with van der Waals surface area (Å²) in [6, 6.07) is 3.89. The Balaban J connectivity index is 1.47. The lowest BCUT2D eigenvalue weighted by Gasteiger charge is -2.15. The fourth-order valence-corrected chi connectivity index (χ4v) is 5.11. The molecule has 4 rings (SSSR count). The summed E-state index contributed by atoms with van der Waals surface area (Å²) in [7, 11) is -3.62. The van der Waals surface area contributed by atoms with E-state index < -0.39 is 21.8 Å². The highest BCUT2D eigenvalue weighted by molar-refractivity contribution is 7.89. The monoisotopic (exact) mass is 449 g/mol. The highest BCUT2D eigenvalue weighted by Crippen LogP contribution is 2.24. The Labute approximate surface area is 178 Å². The molecule has 0 bridgehead atoms. The van der Waals surface area contributed by atoms with E-state index in [1.807, 2.05) is 0 Å². The van der Waals surface area contributed by atoms with Crippen molar-refractivity contribution in [3.8, 4) is 0 Å². The van der Waals surface area contributed by atoms with Crippen LogP contribution in [0.25, 0.3) is 11.1 Å². The molecule has 0 aliphatic carbocycles. The first-order valence-corrected chi connectivity index (χ1v) is 11.4. The van der Waals surface area contributed by atoms with Crippen LogP contribution < -0.4 is 11.1 Å². The number of benzene rings is 1. The highest BCUT2D eigenvalue weighted by atomic mass is 32.2. The zero-order chi connectivity index (χ0) is 22.2. The van der Waals surface area contributed by atoms with Gasteiger partial charge < -0.3 is 14.3 Å². The molecule has 0 spiro atoms. The second-order valence-corrected chi connectivity index (χ2v) is 9.42. The summed E-state index contributed by atoms with van der Waals surface area (Å²) in [5.41, 5.74) is 0.596. The third kappa shape index (κ3) is 4.26. The molecule has 1 atom stereocenters. The van der Waals surface area contributed by atoms with Gasteiger partial charge in [-0.2, -0.15) is 9.29 Å². The molecule has 1 unspecified atom stereocenters. The van der Waals surface area contributed by atoms with Gasteiger partial charge in [-0.1, -0.05) is 5.16 Å². The number of hydrogen-bond acceptors (Lipinski definition) is 8. The van der Waals surface area contributed by atoms with Gasteiger partial charge in [0.15, 0.2) is 11.4 Å². The molecule has 0 radical (unpaired) electrons. The van der Waals surface area contributed by atoms with Crippen molar-refractivity contribution in [3.05, 3.63) is 40.5 Å². The molecule has 1 aromatic carbocycles. The van der Waals surface area contributed by atoms with Gasteiger partial charge in [0.25, 0.3) is 0 Å². The van der Waals surface area contributed by atoms with Crippen molar-refractivity contribution < 1.29 is 22.2 Å². The van der Waals surface area contributed by atoms with Crippen LogP contribution in [-0.4, -0.2) is 46.4 Å². The van der Waals surface area contributed by atoms with E-state index in [1.165, 1.54) is 27.1 Å². The zero-order valence-corrected chi connectivity index (χ0v) is 18.0. The minimum atomic E-state index is -3.62. The van der Waals surface area contributed by atoms with Crippen LogP contribution in [0, 0.1) is 6.92 Å². The van der Waals surface area contributed by atoms with Gasteiger partial charge in [-0.3, -0.25) is 9.36 Å². The van der Waals surface area contributed by atoms with Crippen LogP contribution in [0.4, 0.5) is 0 Å². The Hall–Kier alpha value is -2.99. The quantitative estimate of drug-likeness (QED) is 0.570. The lowest BCUT2D eigenvalue weighted by atomic mass is 10.3. The zero-order valence-electron chi connectivity index (χ0n) is 17.2. The Morgan fingerprint density at radius 1 is 1.29 bits per heavy atom. The molecule has 1 N–H and O–H groups in total. The molecule has 11 nitrogen and oxygen atoms in total. The Morgan fingerprint density at radius 3 is 2.71 bits per heavy atom. The number of hydrogen-bond donors (Lipinski definition) is 1. The first-order valence-electron chi connectivity index (χ1n) is 9.99. The van der Waals surface area contributed by atoms with Crippen LogP contribution in [0.5, 0.6) is 0 Å². The maximum Gasteiger partial charge on any atom is 0.419 e. The van der Waals surface area contributed by atoms with E-state index in [-0.39, 0.29) is 29.4 Å². The number of carbonyl (C=O) groups excluding carboxylic acids is 1. The fourth-order valence-electron chi connectivity index (χ4n) is 3.57. The van der Waals surface area contributed by atoms with Crippen LogP contribution >= 0.6 is 0 Å². The molecule has 1 aliphatic rings. The van der Waals surface area contributed by atoms with Gasteiger partial charge in [0.2, 0.25) is 21.8 Å². The summed E-state index contributed by atoms with van der Waals surface area (Å²) < 4.78 is 38.5. The molecule has 166 valence electrons. The molecule has 12 heteroatoms. The van der Waals surface area contributed by atoms with Gasteiger partial charge in [-0.25, -0.2) is 13.2 Å². The van der Waals surface area contributed by atoms with E-state index in [2.05, 4.69) is 15.5 Å². The number of oxazole rings is 1. The molecule has 31 heavy (non-hydrogen) atoms. The van der Waals surface area contributed by atoms with Gasteiger partial charge in [0.1, 0.15) is 6.04 Å². The SMILES string of the molecule is Cc1noc(C(C)NC(=O)CCn2c(=O)oc3cc(S(=O)(=O)N4CCCC4)ccc32)n1. The number of nitrogens with zero attached hydrogens (tertiary/aromatic N) is 4. The number of aryl methyl sites for hydroxylation is 2. The molecule has 3 aromatic rings. The molecule has 1 aliphatic heterocycles. The van der Waals surface area contributed by atoms with E-state index in [0.29, 0.717) is 30.3 Å².